The number of hydroxylamine groups is 2. The zero-order chi connectivity index (χ0) is 21.2. The van der Waals surface area contributed by atoms with Crippen molar-refractivity contribution in [1.82, 2.24) is 9.63 Å². The molecule has 0 unspecified atom stereocenters. The second-order valence-corrected chi connectivity index (χ2v) is 7.44. The largest absolute Gasteiger partial charge is 0.496 e. The van der Waals surface area contributed by atoms with Gasteiger partial charge < -0.3 is 19.5 Å². The number of guanidine groups is 1. The molecule has 29 heavy (non-hydrogen) atoms. The van der Waals surface area contributed by atoms with E-state index in [0.717, 1.165) is 6.26 Å². The van der Waals surface area contributed by atoms with Crippen LogP contribution in [-0.4, -0.2) is 43.3 Å². The summed E-state index contributed by atoms with van der Waals surface area (Å²) in [6, 6.07) is 12.1. The standard InChI is InChI=1S/C18H18N4O6S/c1-26-14-8-4-3-7-12(14)15-11-13(21-9-5-6-10-21)16(27-15)17(23)22(18(19)20)28-29(2,24)25/h3-11H,1-2H3,(H3,19,20). The van der Waals surface area contributed by atoms with Crippen LogP contribution < -0.4 is 10.5 Å². The summed E-state index contributed by atoms with van der Waals surface area (Å²) >= 11 is 0. The van der Waals surface area contributed by atoms with Crippen molar-refractivity contribution < 1.29 is 26.7 Å². The second kappa shape index (κ2) is 7.81. The predicted molar refractivity (Wildman–Crippen MR) is 104 cm³/mol. The molecule has 0 aliphatic rings. The van der Waals surface area contributed by atoms with Crippen molar-refractivity contribution in [2.45, 2.75) is 0 Å². The Morgan fingerprint density at radius 1 is 1.21 bits per heavy atom. The van der Waals surface area contributed by atoms with Gasteiger partial charge in [-0.25, -0.2) is 0 Å². The number of para-hydroxylation sites is 1. The van der Waals surface area contributed by atoms with E-state index in [1.807, 2.05) is 0 Å². The summed E-state index contributed by atoms with van der Waals surface area (Å²) in [5, 5.41) is 7.66. The van der Waals surface area contributed by atoms with E-state index >= 15 is 0 Å². The van der Waals surface area contributed by atoms with E-state index in [1.165, 1.54) is 7.11 Å². The van der Waals surface area contributed by atoms with E-state index in [0.29, 0.717) is 17.0 Å². The lowest BCUT2D eigenvalue weighted by atomic mass is 10.1. The number of nitrogens with two attached hydrogens (primary N) is 1. The van der Waals surface area contributed by atoms with Crippen molar-refractivity contribution in [3.8, 4) is 22.8 Å². The Morgan fingerprint density at radius 2 is 1.86 bits per heavy atom. The molecule has 0 saturated carbocycles. The van der Waals surface area contributed by atoms with E-state index in [1.54, 1.807) is 59.4 Å². The van der Waals surface area contributed by atoms with Gasteiger partial charge in [-0.2, -0.15) is 8.42 Å². The first kappa shape index (κ1) is 20.2. The Labute approximate surface area is 166 Å². The normalized spacial score (nSPS) is 11.2. The second-order valence-electron chi connectivity index (χ2n) is 5.88. The molecule has 0 aliphatic heterocycles. The van der Waals surface area contributed by atoms with Crippen molar-refractivity contribution in [3.63, 3.8) is 0 Å². The van der Waals surface area contributed by atoms with Crippen LogP contribution in [0.1, 0.15) is 10.6 Å². The average Bonchev–Trinajstić information content (AvgIpc) is 3.34. The van der Waals surface area contributed by atoms with Crippen molar-refractivity contribution in [3.05, 3.63) is 60.6 Å². The molecule has 2 aromatic heterocycles. The third-order valence-corrected chi connectivity index (χ3v) is 4.19. The predicted octanol–water partition coefficient (Wildman–Crippen LogP) is 1.97. The zero-order valence-corrected chi connectivity index (χ0v) is 16.3. The number of benzene rings is 1. The molecule has 0 spiro atoms. The van der Waals surface area contributed by atoms with Crippen LogP contribution in [0.5, 0.6) is 5.75 Å². The maximum absolute atomic E-state index is 13.0. The van der Waals surface area contributed by atoms with Crippen molar-refractivity contribution in [2.24, 2.45) is 5.73 Å². The van der Waals surface area contributed by atoms with Crippen molar-refractivity contribution in [1.29, 1.82) is 5.41 Å². The molecule has 11 heteroatoms. The molecule has 2 heterocycles. The third-order valence-electron chi connectivity index (χ3n) is 3.77. The molecule has 3 aromatic rings. The first-order chi connectivity index (χ1) is 13.7. The summed E-state index contributed by atoms with van der Waals surface area (Å²) in [5.41, 5.74) is 6.21. The fourth-order valence-electron chi connectivity index (χ4n) is 2.61. The van der Waals surface area contributed by atoms with Crippen molar-refractivity contribution >= 4 is 22.0 Å². The summed E-state index contributed by atoms with van der Waals surface area (Å²) in [6.45, 7) is 0. The van der Waals surface area contributed by atoms with Gasteiger partial charge in [0.1, 0.15) is 11.5 Å². The van der Waals surface area contributed by atoms with Gasteiger partial charge in [0, 0.05) is 18.5 Å². The molecule has 3 rings (SSSR count). The summed E-state index contributed by atoms with van der Waals surface area (Å²) in [7, 11) is -2.63. The number of aromatic nitrogens is 1. The van der Waals surface area contributed by atoms with Gasteiger partial charge >= 0.3 is 5.91 Å². The highest BCUT2D eigenvalue weighted by Crippen LogP contribution is 2.34. The molecule has 0 bridgehead atoms. The van der Waals surface area contributed by atoms with Crippen LogP contribution in [0.25, 0.3) is 17.0 Å². The number of nitrogens with zero attached hydrogens (tertiary/aromatic N) is 2. The quantitative estimate of drug-likeness (QED) is 0.354. The minimum atomic E-state index is -4.13. The smallest absolute Gasteiger partial charge is 0.323 e. The highest BCUT2D eigenvalue weighted by molar-refractivity contribution is 7.85. The molecule has 3 N–H and O–H groups in total. The monoisotopic (exact) mass is 418 g/mol. The molecule has 0 fully saturated rings. The van der Waals surface area contributed by atoms with Crippen LogP contribution in [0.2, 0.25) is 0 Å². The Hall–Kier alpha value is -3.57. The number of amides is 1. The molecule has 0 saturated heterocycles. The Morgan fingerprint density at radius 3 is 2.45 bits per heavy atom. The highest BCUT2D eigenvalue weighted by atomic mass is 32.2. The number of nitrogens with one attached hydrogen (secondary N) is 1. The lowest BCUT2D eigenvalue weighted by molar-refractivity contribution is 0.0173. The molecule has 1 amide bonds. The molecule has 0 atom stereocenters. The van der Waals surface area contributed by atoms with Gasteiger partial charge in [-0.05, 0) is 24.3 Å². The Bertz CT molecular complexity index is 1150. The SMILES string of the molecule is COc1ccccc1-c1cc(-n2cccc2)c(C(=O)N(OS(C)(=O)=O)C(=N)N)o1. The summed E-state index contributed by atoms with van der Waals surface area (Å²) in [5.74, 6) is -1.46. The highest BCUT2D eigenvalue weighted by Gasteiger charge is 2.31. The lowest BCUT2D eigenvalue weighted by Crippen LogP contribution is -2.42. The van der Waals surface area contributed by atoms with Gasteiger partial charge in [0.25, 0.3) is 10.1 Å². The number of methoxy groups -OCH3 is 1. The molecule has 1 aromatic carbocycles. The lowest BCUT2D eigenvalue weighted by Gasteiger charge is -2.17. The summed E-state index contributed by atoms with van der Waals surface area (Å²) in [4.78, 5) is 13.0. The van der Waals surface area contributed by atoms with Crippen LogP contribution >= 0.6 is 0 Å². The molecule has 0 aliphatic carbocycles. The van der Waals surface area contributed by atoms with Crippen LogP contribution in [0, 0.1) is 5.41 Å². The number of hydrogen-bond acceptors (Lipinski definition) is 7. The Kier molecular flexibility index (Phi) is 5.43. The van der Waals surface area contributed by atoms with E-state index in [4.69, 9.17) is 20.3 Å². The van der Waals surface area contributed by atoms with Gasteiger partial charge in [-0.15, -0.1) is 9.35 Å². The van der Waals surface area contributed by atoms with Crippen LogP contribution in [0.3, 0.4) is 0 Å². The first-order valence-electron chi connectivity index (χ1n) is 8.20. The minimum Gasteiger partial charge on any atom is -0.496 e. The molecule has 0 radical (unpaired) electrons. The summed E-state index contributed by atoms with van der Waals surface area (Å²) < 4.78 is 40.2. The van der Waals surface area contributed by atoms with Gasteiger partial charge in [0.15, 0.2) is 0 Å². The van der Waals surface area contributed by atoms with E-state index in [-0.39, 0.29) is 16.6 Å². The van der Waals surface area contributed by atoms with E-state index in [9.17, 15) is 13.2 Å². The molecular weight excluding hydrogens is 400 g/mol. The zero-order valence-electron chi connectivity index (χ0n) is 15.5. The maximum atomic E-state index is 13.0. The fraction of sp³-hybridized carbons (Fsp3) is 0.111. The number of rotatable bonds is 6. The van der Waals surface area contributed by atoms with Crippen LogP contribution in [-0.2, 0) is 14.4 Å². The van der Waals surface area contributed by atoms with Crippen LogP contribution in [0.4, 0.5) is 0 Å². The fourth-order valence-corrected chi connectivity index (χ4v) is 3.03. The average molecular weight is 418 g/mol. The van der Waals surface area contributed by atoms with E-state index < -0.39 is 22.0 Å². The van der Waals surface area contributed by atoms with Gasteiger partial charge in [0.05, 0.1) is 24.6 Å². The number of carbonyl (C=O) groups is 1. The van der Waals surface area contributed by atoms with Gasteiger partial charge in [-0.3, -0.25) is 10.2 Å². The molecule has 10 nitrogen and oxygen atoms in total. The number of hydrogen-bond donors (Lipinski definition) is 2. The Balaban J connectivity index is 2.15. The van der Waals surface area contributed by atoms with Crippen LogP contribution in [0.15, 0.2) is 59.3 Å². The van der Waals surface area contributed by atoms with Gasteiger partial charge in [0.2, 0.25) is 11.7 Å². The molecule has 152 valence electrons. The minimum absolute atomic E-state index is 0.146. The summed E-state index contributed by atoms with van der Waals surface area (Å²) in [6.07, 6.45) is 4.07. The van der Waals surface area contributed by atoms with Gasteiger partial charge in [-0.1, -0.05) is 12.1 Å². The number of ether oxygens (including phenoxy) is 1. The maximum Gasteiger partial charge on any atom is 0.323 e. The number of furan rings is 1. The third kappa shape index (κ3) is 4.31. The van der Waals surface area contributed by atoms with E-state index in [2.05, 4.69) is 4.28 Å². The number of carbonyl (C=O) groups excluding carboxylic acids is 1. The van der Waals surface area contributed by atoms with Crippen molar-refractivity contribution in [2.75, 3.05) is 13.4 Å². The first-order valence-corrected chi connectivity index (χ1v) is 10.0. The molecular formula is C18H18N4O6S. The topological polar surface area (TPSA) is 141 Å².